The fraction of sp³-hybridized carbons (Fsp3) is 0.312. The molecule has 0 aromatic heterocycles. The lowest BCUT2D eigenvalue weighted by atomic mass is 10.0. The van der Waals surface area contributed by atoms with Crippen LogP contribution in [-0.2, 0) is 9.53 Å². The monoisotopic (exact) mass is 338 g/mol. The number of nitrogens with zero attached hydrogens (tertiary/aromatic N) is 1. The number of esters is 1. The molecule has 0 atom stereocenters. The molecule has 5 nitrogen and oxygen atoms in total. The van der Waals surface area contributed by atoms with E-state index in [2.05, 4.69) is 5.32 Å². The maximum atomic E-state index is 14.1. The summed E-state index contributed by atoms with van der Waals surface area (Å²) in [5.41, 5.74) is -2.70. The van der Waals surface area contributed by atoms with Gasteiger partial charge in [0.05, 0.1) is 12.2 Å². The Morgan fingerprint density at radius 3 is 2.58 bits per heavy atom. The Labute approximate surface area is 135 Å². The Bertz CT molecular complexity index is 765. The summed E-state index contributed by atoms with van der Waals surface area (Å²) in [7, 11) is 0. The van der Waals surface area contributed by atoms with Crippen LogP contribution >= 0.6 is 0 Å². The second kappa shape index (κ2) is 7.17. The van der Waals surface area contributed by atoms with Gasteiger partial charge in [-0.1, -0.05) is 0 Å². The van der Waals surface area contributed by atoms with Crippen LogP contribution < -0.4 is 5.32 Å². The molecule has 0 spiro atoms. The summed E-state index contributed by atoms with van der Waals surface area (Å²) in [6.45, 7) is 1.48. The number of benzene rings is 1. The summed E-state index contributed by atoms with van der Waals surface area (Å²) < 4.78 is 45.8. The van der Waals surface area contributed by atoms with Gasteiger partial charge < -0.3 is 10.1 Å². The van der Waals surface area contributed by atoms with Gasteiger partial charge in [0.1, 0.15) is 17.2 Å². The summed E-state index contributed by atoms with van der Waals surface area (Å²) in [6, 6.07) is 1.57. The predicted molar refractivity (Wildman–Crippen MR) is 76.2 cm³/mol. The van der Waals surface area contributed by atoms with Crippen molar-refractivity contribution in [1.29, 1.82) is 5.26 Å². The average molecular weight is 338 g/mol. The molecule has 24 heavy (non-hydrogen) atoms. The van der Waals surface area contributed by atoms with Gasteiger partial charge in [-0.3, -0.25) is 4.79 Å². The topological polar surface area (TPSA) is 79.2 Å². The number of halogens is 3. The number of ketones is 1. The molecule has 1 N–H and O–H groups in total. The molecule has 0 radical (unpaired) electrons. The van der Waals surface area contributed by atoms with Crippen molar-refractivity contribution in [1.82, 2.24) is 5.32 Å². The maximum Gasteiger partial charge on any atom is 0.343 e. The van der Waals surface area contributed by atoms with Crippen LogP contribution in [0.15, 0.2) is 17.8 Å². The number of rotatable bonds is 6. The number of hydrogen-bond acceptors (Lipinski definition) is 5. The highest BCUT2D eigenvalue weighted by Gasteiger charge is 2.29. The number of Topliss-reactive ketones (excluding diaryl/α,β-unsaturated/α-hetero) is 1. The van der Waals surface area contributed by atoms with Crippen molar-refractivity contribution in [2.45, 2.75) is 25.8 Å². The molecule has 2 rings (SSSR count). The number of nitriles is 1. The Morgan fingerprint density at radius 2 is 2.04 bits per heavy atom. The van der Waals surface area contributed by atoms with Gasteiger partial charge in [0.2, 0.25) is 5.78 Å². The molecule has 1 aromatic rings. The lowest BCUT2D eigenvalue weighted by Gasteiger charge is -2.09. The standard InChI is InChI=1S/C16H13F3N2O3/c1-2-24-16(23)11(7-21-8-3-4-8)15(22)9-5-12(17)14(19)10(6-20)13(9)18/h5,7-8,21H,2-4H2,1H3/b11-7-. The van der Waals surface area contributed by atoms with Gasteiger partial charge in [0.15, 0.2) is 17.5 Å². The normalized spacial score (nSPS) is 14.0. The first kappa shape index (κ1) is 17.5. The van der Waals surface area contributed by atoms with Crippen LogP contribution in [0.5, 0.6) is 0 Å². The molecule has 0 saturated heterocycles. The molecule has 0 amide bonds. The lowest BCUT2D eigenvalue weighted by molar-refractivity contribution is -0.138. The Hall–Kier alpha value is -2.82. The first-order valence-corrected chi connectivity index (χ1v) is 7.16. The fourth-order valence-corrected chi connectivity index (χ4v) is 1.89. The minimum Gasteiger partial charge on any atom is -0.462 e. The van der Waals surface area contributed by atoms with Crippen molar-refractivity contribution in [3.8, 4) is 6.07 Å². The highest BCUT2D eigenvalue weighted by atomic mass is 19.2. The fourth-order valence-electron chi connectivity index (χ4n) is 1.89. The smallest absolute Gasteiger partial charge is 0.343 e. The molecule has 0 unspecified atom stereocenters. The summed E-state index contributed by atoms with van der Waals surface area (Å²) in [4.78, 5) is 24.3. The third-order valence-corrected chi connectivity index (χ3v) is 3.29. The van der Waals surface area contributed by atoms with E-state index in [9.17, 15) is 22.8 Å². The van der Waals surface area contributed by atoms with E-state index in [0.717, 1.165) is 25.1 Å². The largest absolute Gasteiger partial charge is 0.462 e. The van der Waals surface area contributed by atoms with Crippen molar-refractivity contribution in [3.05, 3.63) is 46.4 Å². The molecule has 1 aliphatic carbocycles. The highest BCUT2D eigenvalue weighted by molar-refractivity contribution is 6.24. The molecule has 0 bridgehead atoms. The second-order valence-corrected chi connectivity index (χ2v) is 5.07. The quantitative estimate of drug-likeness (QED) is 0.215. The van der Waals surface area contributed by atoms with Gasteiger partial charge in [-0.2, -0.15) is 5.26 Å². The molecule has 126 valence electrons. The van der Waals surface area contributed by atoms with Gasteiger partial charge in [-0.05, 0) is 25.8 Å². The zero-order valence-corrected chi connectivity index (χ0v) is 12.7. The summed E-state index contributed by atoms with van der Waals surface area (Å²) in [6.07, 6.45) is 2.77. The van der Waals surface area contributed by atoms with E-state index in [1.165, 1.54) is 6.92 Å². The van der Waals surface area contributed by atoms with Crippen LogP contribution in [0.1, 0.15) is 35.7 Å². The van der Waals surface area contributed by atoms with Gasteiger partial charge in [-0.15, -0.1) is 0 Å². The van der Waals surface area contributed by atoms with Crippen LogP contribution in [0, 0.1) is 28.8 Å². The number of ether oxygens (including phenoxy) is 1. The van der Waals surface area contributed by atoms with E-state index in [1.807, 2.05) is 0 Å². The molecular formula is C16H13F3N2O3. The highest BCUT2D eigenvalue weighted by Crippen LogP contribution is 2.23. The summed E-state index contributed by atoms with van der Waals surface area (Å²) in [5.74, 6) is -7.00. The Kier molecular flexibility index (Phi) is 5.24. The van der Waals surface area contributed by atoms with Crippen molar-refractivity contribution < 1.29 is 27.5 Å². The van der Waals surface area contributed by atoms with Crippen LogP contribution in [0.3, 0.4) is 0 Å². The van der Waals surface area contributed by atoms with Gasteiger partial charge in [-0.25, -0.2) is 18.0 Å². The van der Waals surface area contributed by atoms with Gasteiger partial charge >= 0.3 is 5.97 Å². The molecule has 0 heterocycles. The second-order valence-electron chi connectivity index (χ2n) is 5.07. The maximum absolute atomic E-state index is 14.1. The predicted octanol–water partition coefficient (Wildman–Crippen LogP) is 2.36. The lowest BCUT2D eigenvalue weighted by Crippen LogP contribution is -2.22. The van der Waals surface area contributed by atoms with Crippen molar-refractivity contribution in [2.75, 3.05) is 6.61 Å². The zero-order chi connectivity index (χ0) is 17.9. The van der Waals surface area contributed by atoms with E-state index >= 15 is 0 Å². The minimum absolute atomic E-state index is 0.0312. The van der Waals surface area contributed by atoms with Crippen LogP contribution in [0.4, 0.5) is 13.2 Å². The number of hydrogen-bond donors (Lipinski definition) is 1. The number of nitrogens with one attached hydrogen (secondary N) is 1. The molecular weight excluding hydrogens is 325 g/mol. The first-order chi connectivity index (χ1) is 11.4. The van der Waals surface area contributed by atoms with E-state index in [-0.39, 0.29) is 12.6 Å². The number of carbonyl (C=O) groups is 2. The van der Waals surface area contributed by atoms with E-state index in [0.29, 0.717) is 6.07 Å². The van der Waals surface area contributed by atoms with Crippen molar-refractivity contribution in [3.63, 3.8) is 0 Å². The van der Waals surface area contributed by atoms with Gasteiger partial charge in [0, 0.05) is 12.2 Å². The zero-order valence-electron chi connectivity index (χ0n) is 12.7. The van der Waals surface area contributed by atoms with Crippen LogP contribution in [-0.4, -0.2) is 24.4 Å². The van der Waals surface area contributed by atoms with Crippen molar-refractivity contribution >= 4 is 11.8 Å². The summed E-state index contributed by atoms with van der Waals surface area (Å²) in [5, 5.41) is 11.5. The third kappa shape index (κ3) is 3.56. The third-order valence-electron chi connectivity index (χ3n) is 3.29. The summed E-state index contributed by atoms with van der Waals surface area (Å²) >= 11 is 0. The van der Waals surface area contributed by atoms with E-state index in [1.54, 1.807) is 0 Å². The molecule has 1 saturated carbocycles. The van der Waals surface area contributed by atoms with Crippen LogP contribution in [0.2, 0.25) is 0 Å². The molecule has 1 fully saturated rings. The van der Waals surface area contributed by atoms with E-state index in [4.69, 9.17) is 10.00 Å². The molecule has 1 aromatic carbocycles. The molecule has 8 heteroatoms. The average Bonchev–Trinajstić information content (AvgIpc) is 3.36. The number of carbonyl (C=O) groups excluding carboxylic acids is 2. The first-order valence-electron chi connectivity index (χ1n) is 7.16. The van der Waals surface area contributed by atoms with Crippen molar-refractivity contribution in [2.24, 2.45) is 0 Å². The molecule has 1 aliphatic rings. The minimum atomic E-state index is -1.69. The molecule has 0 aliphatic heterocycles. The van der Waals surface area contributed by atoms with Crippen LogP contribution in [0.25, 0.3) is 0 Å². The Balaban J connectivity index is 2.46. The van der Waals surface area contributed by atoms with E-state index < -0.39 is 45.9 Å². The van der Waals surface area contributed by atoms with Gasteiger partial charge in [0.25, 0.3) is 0 Å². The Morgan fingerprint density at radius 1 is 1.38 bits per heavy atom. The SMILES string of the molecule is CCOC(=O)/C(=C\NC1CC1)C(=O)c1cc(F)c(F)c(C#N)c1F.